The Labute approximate surface area is 134 Å². The molecule has 116 valence electrons. The van der Waals surface area contributed by atoms with Crippen molar-refractivity contribution >= 4 is 22.8 Å². The van der Waals surface area contributed by atoms with E-state index in [1.807, 2.05) is 25.2 Å². The number of thioether (sulfide) groups is 1. The maximum atomic E-state index is 12.4. The van der Waals surface area contributed by atoms with Crippen LogP contribution in [-0.4, -0.2) is 42.2 Å². The summed E-state index contributed by atoms with van der Waals surface area (Å²) in [5, 5.41) is -0.0130. The molecule has 2 heterocycles. The topological polar surface area (TPSA) is 46.6 Å². The minimum absolute atomic E-state index is 0.0130. The van der Waals surface area contributed by atoms with Crippen molar-refractivity contribution in [3.05, 3.63) is 46.4 Å². The molecule has 0 N–H and O–H groups in total. The molecule has 0 saturated carbocycles. The number of fused-ring (bicyclic) bond motifs is 2. The normalized spacial score (nSPS) is 24.5. The van der Waals surface area contributed by atoms with Crippen LogP contribution in [0.15, 0.2) is 40.8 Å². The summed E-state index contributed by atoms with van der Waals surface area (Å²) in [7, 11) is 3.45. The van der Waals surface area contributed by atoms with Crippen LogP contribution < -0.4 is 0 Å². The van der Waals surface area contributed by atoms with Crippen molar-refractivity contribution in [1.82, 2.24) is 4.90 Å². The van der Waals surface area contributed by atoms with Crippen molar-refractivity contribution in [2.24, 2.45) is 0 Å². The van der Waals surface area contributed by atoms with E-state index in [9.17, 15) is 9.59 Å². The predicted molar refractivity (Wildman–Crippen MR) is 86.6 cm³/mol. The molecular weight excluding hydrogens is 298 g/mol. The second-order valence-electron chi connectivity index (χ2n) is 5.70. The van der Waals surface area contributed by atoms with Crippen LogP contribution in [0.1, 0.15) is 29.6 Å². The number of nitrogens with zero attached hydrogens (tertiary/aromatic N) is 1. The largest absolute Gasteiger partial charge is 0.466 e. The molecule has 1 aromatic carbocycles. The molecule has 2 atom stereocenters. The SMILES string of the molecule is COC(=O)C1=C(SC(=O)c2ccccc2)C[C@@H]2CC[C@H]1N2C. The van der Waals surface area contributed by atoms with Crippen molar-refractivity contribution in [2.75, 3.05) is 14.2 Å². The van der Waals surface area contributed by atoms with E-state index >= 15 is 0 Å². The van der Waals surface area contributed by atoms with Crippen LogP contribution in [0.3, 0.4) is 0 Å². The van der Waals surface area contributed by atoms with Gasteiger partial charge in [-0.2, -0.15) is 0 Å². The third-order valence-corrected chi connectivity index (χ3v) is 5.58. The highest BCUT2D eigenvalue weighted by molar-refractivity contribution is 8.17. The lowest BCUT2D eigenvalue weighted by atomic mass is 10.0. The van der Waals surface area contributed by atoms with Gasteiger partial charge >= 0.3 is 5.97 Å². The van der Waals surface area contributed by atoms with Gasteiger partial charge < -0.3 is 4.74 Å². The zero-order valence-electron chi connectivity index (χ0n) is 12.7. The maximum absolute atomic E-state index is 12.4. The first-order valence-electron chi connectivity index (χ1n) is 7.42. The van der Waals surface area contributed by atoms with Crippen LogP contribution in [0.2, 0.25) is 0 Å². The van der Waals surface area contributed by atoms with Gasteiger partial charge in [0.1, 0.15) is 0 Å². The zero-order valence-corrected chi connectivity index (χ0v) is 13.6. The number of esters is 1. The van der Waals surface area contributed by atoms with Gasteiger partial charge in [-0.1, -0.05) is 42.1 Å². The van der Waals surface area contributed by atoms with E-state index in [1.165, 1.54) is 18.9 Å². The van der Waals surface area contributed by atoms with Gasteiger partial charge in [0, 0.05) is 22.6 Å². The molecule has 0 unspecified atom stereocenters. The molecule has 22 heavy (non-hydrogen) atoms. The Morgan fingerprint density at radius 2 is 1.95 bits per heavy atom. The number of hydrogen-bond acceptors (Lipinski definition) is 5. The minimum Gasteiger partial charge on any atom is -0.466 e. The summed E-state index contributed by atoms with van der Waals surface area (Å²) >= 11 is 1.19. The fourth-order valence-electron chi connectivity index (χ4n) is 3.32. The Morgan fingerprint density at radius 1 is 1.23 bits per heavy atom. The van der Waals surface area contributed by atoms with Crippen LogP contribution in [0, 0.1) is 0 Å². The van der Waals surface area contributed by atoms with E-state index in [-0.39, 0.29) is 17.1 Å². The van der Waals surface area contributed by atoms with Gasteiger partial charge in [-0.25, -0.2) is 4.79 Å². The van der Waals surface area contributed by atoms with E-state index in [0.717, 1.165) is 24.2 Å². The Kier molecular flexibility index (Phi) is 4.36. The third-order valence-electron chi connectivity index (χ3n) is 4.53. The van der Waals surface area contributed by atoms with Gasteiger partial charge in [-0.3, -0.25) is 9.69 Å². The van der Waals surface area contributed by atoms with E-state index < -0.39 is 0 Å². The van der Waals surface area contributed by atoms with Crippen molar-refractivity contribution in [2.45, 2.75) is 31.3 Å². The van der Waals surface area contributed by atoms with Gasteiger partial charge in [0.15, 0.2) is 0 Å². The number of ether oxygens (including phenoxy) is 1. The molecule has 5 heteroatoms. The van der Waals surface area contributed by atoms with Crippen LogP contribution in [0.5, 0.6) is 0 Å². The fourth-order valence-corrected chi connectivity index (χ4v) is 4.40. The highest BCUT2D eigenvalue weighted by Crippen LogP contribution is 2.43. The summed E-state index contributed by atoms with van der Waals surface area (Å²) < 4.78 is 4.96. The molecule has 0 spiro atoms. The molecule has 3 rings (SSSR count). The lowest BCUT2D eigenvalue weighted by Gasteiger charge is -2.33. The first kappa shape index (κ1) is 15.3. The van der Waals surface area contributed by atoms with E-state index in [0.29, 0.717) is 17.2 Å². The van der Waals surface area contributed by atoms with E-state index in [1.54, 1.807) is 12.1 Å². The Morgan fingerprint density at radius 3 is 2.64 bits per heavy atom. The quantitative estimate of drug-likeness (QED) is 0.802. The number of carbonyl (C=O) groups is 2. The van der Waals surface area contributed by atoms with E-state index in [4.69, 9.17) is 4.74 Å². The Balaban J connectivity index is 1.90. The molecule has 0 aliphatic carbocycles. The number of carbonyl (C=O) groups excluding carboxylic acids is 2. The summed E-state index contributed by atoms with van der Waals surface area (Å²) in [5.41, 5.74) is 1.34. The van der Waals surface area contributed by atoms with Crippen molar-refractivity contribution < 1.29 is 14.3 Å². The molecule has 4 nitrogen and oxygen atoms in total. The molecule has 1 saturated heterocycles. The molecule has 2 bridgehead atoms. The van der Waals surface area contributed by atoms with Crippen LogP contribution in [0.25, 0.3) is 0 Å². The van der Waals surface area contributed by atoms with Crippen molar-refractivity contribution in [3.63, 3.8) is 0 Å². The standard InChI is InChI=1S/C17H19NO3S/c1-18-12-8-9-13(18)15(16(19)21-2)14(10-12)22-17(20)11-6-4-3-5-7-11/h3-7,12-13H,8-10H2,1-2H3/t12-,13+/m0/s1. The van der Waals surface area contributed by atoms with Crippen LogP contribution >= 0.6 is 11.8 Å². The number of likely N-dealkylation sites (N-methyl/N-ethyl adjacent to an activating group) is 1. The van der Waals surface area contributed by atoms with Crippen molar-refractivity contribution in [3.8, 4) is 0 Å². The summed E-state index contributed by atoms with van der Waals surface area (Å²) in [5.74, 6) is -0.305. The van der Waals surface area contributed by atoms with Crippen molar-refractivity contribution in [1.29, 1.82) is 0 Å². The highest BCUT2D eigenvalue weighted by atomic mass is 32.2. The molecule has 1 fully saturated rings. The number of hydrogen-bond donors (Lipinski definition) is 0. The van der Waals surface area contributed by atoms with Crippen LogP contribution in [0.4, 0.5) is 0 Å². The molecule has 2 aliphatic rings. The molecule has 2 aliphatic heterocycles. The first-order chi connectivity index (χ1) is 10.6. The summed E-state index contributed by atoms with van der Waals surface area (Å²) in [6.45, 7) is 0. The van der Waals surface area contributed by atoms with E-state index in [2.05, 4.69) is 4.90 Å². The van der Waals surface area contributed by atoms with Gasteiger partial charge in [-0.05, 0) is 26.3 Å². The van der Waals surface area contributed by atoms with Gasteiger partial charge in [0.2, 0.25) is 5.12 Å². The molecule has 0 radical (unpaired) electrons. The summed E-state index contributed by atoms with van der Waals surface area (Å²) in [4.78, 5) is 27.8. The lowest BCUT2D eigenvalue weighted by molar-refractivity contribution is -0.137. The number of rotatable bonds is 3. The fraction of sp³-hybridized carbons (Fsp3) is 0.412. The van der Waals surface area contributed by atoms with Gasteiger partial charge in [-0.15, -0.1) is 0 Å². The summed E-state index contributed by atoms with van der Waals surface area (Å²) in [6.07, 6.45) is 2.76. The van der Waals surface area contributed by atoms with Gasteiger partial charge in [0.05, 0.1) is 12.7 Å². The second kappa shape index (κ2) is 6.26. The van der Waals surface area contributed by atoms with Gasteiger partial charge in [0.25, 0.3) is 0 Å². The number of methoxy groups -OCH3 is 1. The Bertz CT molecular complexity index is 626. The monoisotopic (exact) mass is 317 g/mol. The Hall–Kier alpha value is -1.59. The third kappa shape index (κ3) is 2.71. The average Bonchev–Trinajstić information content (AvgIpc) is 2.78. The zero-order chi connectivity index (χ0) is 15.7. The molecular formula is C17H19NO3S. The second-order valence-corrected chi connectivity index (χ2v) is 6.77. The minimum atomic E-state index is -0.305. The maximum Gasteiger partial charge on any atom is 0.336 e. The average molecular weight is 317 g/mol. The number of benzene rings is 1. The van der Waals surface area contributed by atoms with Crippen LogP contribution in [-0.2, 0) is 9.53 Å². The molecule has 0 aromatic heterocycles. The smallest absolute Gasteiger partial charge is 0.336 e. The lowest BCUT2D eigenvalue weighted by Crippen LogP contribution is -2.40. The highest BCUT2D eigenvalue weighted by Gasteiger charge is 2.42. The molecule has 0 amide bonds. The first-order valence-corrected chi connectivity index (χ1v) is 8.24. The molecule has 1 aromatic rings. The predicted octanol–water partition coefficient (Wildman–Crippen LogP) is 2.85. The summed E-state index contributed by atoms with van der Waals surface area (Å²) in [6, 6.07) is 9.69.